The van der Waals surface area contributed by atoms with Gasteiger partial charge < -0.3 is 25.0 Å². The molecule has 2 aromatic rings. The zero-order valence-electron chi connectivity index (χ0n) is 17.2. The molecule has 7 heteroatoms. The van der Waals surface area contributed by atoms with E-state index in [9.17, 15) is 9.59 Å². The van der Waals surface area contributed by atoms with E-state index in [1.165, 1.54) is 10.5 Å². The molecule has 2 amide bonds. The van der Waals surface area contributed by atoms with Crippen molar-refractivity contribution < 1.29 is 24.0 Å². The molecular weight excluding hydrogens is 382 g/mol. The van der Waals surface area contributed by atoms with E-state index in [2.05, 4.69) is 22.8 Å². The predicted molar refractivity (Wildman–Crippen MR) is 113 cm³/mol. The van der Waals surface area contributed by atoms with Crippen molar-refractivity contribution in [3.63, 3.8) is 0 Å². The van der Waals surface area contributed by atoms with Crippen LogP contribution in [0.25, 0.3) is 0 Å². The lowest BCUT2D eigenvalue weighted by molar-refractivity contribution is -0.910. The Morgan fingerprint density at radius 3 is 2.73 bits per heavy atom. The SMILES string of the molecule is CNC(=O)c1cccc(NC(=O)C[NH+]2CCC[C@H]2c2ccc3c(c2)OCCCO3)c1. The zero-order valence-corrected chi connectivity index (χ0v) is 17.2. The van der Waals surface area contributed by atoms with E-state index in [0.29, 0.717) is 31.0 Å². The molecule has 7 nitrogen and oxygen atoms in total. The summed E-state index contributed by atoms with van der Waals surface area (Å²) in [5.74, 6) is 1.36. The van der Waals surface area contributed by atoms with Crippen LogP contribution in [0.1, 0.15) is 41.2 Å². The number of rotatable bonds is 5. The molecule has 158 valence electrons. The molecule has 0 radical (unpaired) electrons. The third kappa shape index (κ3) is 4.57. The predicted octanol–water partition coefficient (Wildman–Crippen LogP) is 1.57. The van der Waals surface area contributed by atoms with Crippen LogP contribution < -0.4 is 25.0 Å². The minimum Gasteiger partial charge on any atom is -0.490 e. The van der Waals surface area contributed by atoms with E-state index in [-0.39, 0.29) is 17.9 Å². The maximum absolute atomic E-state index is 12.7. The van der Waals surface area contributed by atoms with Gasteiger partial charge in [0.2, 0.25) is 0 Å². The number of amides is 2. The highest BCUT2D eigenvalue weighted by Crippen LogP contribution is 2.33. The van der Waals surface area contributed by atoms with E-state index >= 15 is 0 Å². The number of fused-ring (bicyclic) bond motifs is 1. The van der Waals surface area contributed by atoms with Crippen LogP contribution in [0.5, 0.6) is 11.5 Å². The second-order valence-electron chi connectivity index (χ2n) is 7.74. The van der Waals surface area contributed by atoms with Crippen molar-refractivity contribution in [3.8, 4) is 11.5 Å². The molecule has 1 saturated heterocycles. The van der Waals surface area contributed by atoms with Crippen molar-refractivity contribution in [2.45, 2.75) is 25.3 Å². The first-order chi connectivity index (χ1) is 14.6. The topological polar surface area (TPSA) is 81.1 Å². The number of anilines is 1. The smallest absolute Gasteiger partial charge is 0.279 e. The molecule has 2 aliphatic heterocycles. The summed E-state index contributed by atoms with van der Waals surface area (Å²) in [6.45, 7) is 2.66. The summed E-state index contributed by atoms with van der Waals surface area (Å²) in [6.07, 6.45) is 2.99. The molecule has 2 aliphatic rings. The lowest BCUT2D eigenvalue weighted by atomic mass is 10.0. The highest BCUT2D eigenvalue weighted by molar-refractivity contribution is 5.97. The minimum absolute atomic E-state index is 0.0553. The van der Waals surface area contributed by atoms with Gasteiger partial charge in [-0.2, -0.15) is 0 Å². The van der Waals surface area contributed by atoms with Crippen LogP contribution in [0.2, 0.25) is 0 Å². The molecule has 1 fully saturated rings. The number of carbonyl (C=O) groups excluding carboxylic acids is 2. The Morgan fingerprint density at radius 1 is 1.07 bits per heavy atom. The van der Waals surface area contributed by atoms with Crippen molar-refractivity contribution in [3.05, 3.63) is 53.6 Å². The minimum atomic E-state index is -0.175. The number of quaternary nitrogens is 1. The van der Waals surface area contributed by atoms with Crippen molar-refractivity contribution in [1.82, 2.24) is 5.32 Å². The maximum atomic E-state index is 12.7. The quantitative estimate of drug-likeness (QED) is 0.699. The fraction of sp³-hybridized carbons (Fsp3) is 0.391. The van der Waals surface area contributed by atoms with E-state index < -0.39 is 0 Å². The monoisotopic (exact) mass is 410 g/mol. The van der Waals surface area contributed by atoms with Crippen LogP contribution in [-0.4, -0.2) is 45.2 Å². The normalized spacial score (nSPS) is 20.3. The number of carbonyl (C=O) groups is 2. The third-order valence-corrected chi connectivity index (χ3v) is 5.68. The van der Waals surface area contributed by atoms with E-state index in [1.807, 2.05) is 6.07 Å². The van der Waals surface area contributed by atoms with Crippen molar-refractivity contribution in [1.29, 1.82) is 0 Å². The molecule has 30 heavy (non-hydrogen) atoms. The van der Waals surface area contributed by atoms with Gasteiger partial charge in [0.1, 0.15) is 6.04 Å². The average Bonchev–Trinajstić information content (AvgIpc) is 3.08. The Kier molecular flexibility index (Phi) is 6.18. The Morgan fingerprint density at radius 2 is 1.90 bits per heavy atom. The fourth-order valence-electron chi connectivity index (χ4n) is 4.22. The van der Waals surface area contributed by atoms with Gasteiger partial charge in [-0.15, -0.1) is 0 Å². The molecule has 1 unspecified atom stereocenters. The third-order valence-electron chi connectivity index (χ3n) is 5.68. The lowest BCUT2D eigenvalue weighted by Gasteiger charge is -2.22. The number of benzene rings is 2. The van der Waals surface area contributed by atoms with E-state index in [4.69, 9.17) is 9.47 Å². The average molecular weight is 410 g/mol. The van der Waals surface area contributed by atoms with Crippen LogP contribution in [0.3, 0.4) is 0 Å². The fourth-order valence-corrected chi connectivity index (χ4v) is 4.22. The Bertz CT molecular complexity index is 930. The Labute approximate surface area is 176 Å². The van der Waals surface area contributed by atoms with Crippen LogP contribution in [0.15, 0.2) is 42.5 Å². The summed E-state index contributed by atoms with van der Waals surface area (Å²) in [4.78, 5) is 25.7. The lowest BCUT2D eigenvalue weighted by Crippen LogP contribution is -3.11. The van der Waals surface area contributed by atoms with Gasteiger partial charge in [0.15, 0.2) is 18.0 Å². The molecule has 0 aromatic heterocycles. The van der Waals surface area contributed by atoms with E-state index in [1.54, 1.807) is 31.3 Å². The highest BCUT2D eigenvalue weighted by atomic mass is 16.5. The number of likely N-dealkylation sites (tertiary alicyclic amines) is 1. The van der Waals surface area contributed by atoms with Gasteiger partial charge in [0.25, 0.3) is 11.8 Å². The zero-order chi connectivity index (χ0) is 20.9. The molecule has 2 atom stereocenters. The van der Waals surface area contributed by atoms with Gasteiger partial charge in [-0.05, 0) is 36.4 Å². The molecule has 4 rings (SSSR count). The largest absolute Gasteiger partial charge is 0.490 e. The first-order valence-electron chi connectivity index (χ1n) is 10.5. The van der Waals surface area contributed by atoms with Gasteiger partial charge in [-0.3, -0.25) is 9.59 Å². The standard InChI is InChI=1S/C23H27N3O4/c1-24-23(28)17-5-2-6-18(13-17)25-22(27)15-26-10-3-7-19(26)16-8-9-20-21(14-16)30-12-4-11-29-20/h2,5-6,8-9,13-14,19H,3-4,7,10-12,15H2,1H3,(H,24,28)(H,25,27)/p+1/t19-/m0/s1. The van der Waals surface area contributed by atoms with Gasteiger partial charge in [0.05, 0.1) is 19.8 Å². The van der Waals surface area contributed by atoms with Gasteiger partial charge in [0, 0.05) is 43.1 Å². The summed E-state index contributed by atoms with van der Waals surface area (Å²) in [6, 6.07) is 13.4. The van der Waals surface area contributed by atoms with Gasteiger partial charge >= 0.3 is 0 Å². The molecule has 0 bridgehead atoms. The molecule has 0 aliphatic carbocycles. The van der Waals surface area contributed by atoms with Crippen molar-refractivity contribution in [2.24, 2.45) is 0 Å². The highest BCUT2D eigenvalue weighted by Gasteiger charge is 2.32. The summed E-state index contributed by atoms with van der Waals surface area (Å²) >= 11 is 0. The second kappa shape index (κ2) is 9.17. The summed E-state index contributed by atoms with van der Waals surface area (Å²) < 4.78 is 11.6. The first-order valence-corrected chi connectivity index (χ1v) is 10.5. The first kappa shape index (κ1) is 20.2. The van der Waals surface area contributed by atoms with Crippen molar-refractivity contribution in [2.75, 3.05) is 38.7 Å². The van der Waals surface area contributed by atoms with Crippen LogP contribution >= 0.6 is 0 Å². The molecular formula is C23H28N3O4+. The van der Waals surface area contributed by atoms with Crippen LogP contribution in [0, 0.1) is 0 Å². The second-order valence-corrected chi connectivity index (χ2v) is 7.74. The number of hydrogen-bond donors (Lipinski definition) is 3. The van der Waals surface area contributed by atoms with Crippen molar-refractivity contribution >= 4 is 17.5 Å². The Balaban J connectivity index is 1.42. The molecule has 3 N–H and O–H groups in total. The summed E-state index contributed by atoms with van der Waals surface area (Å²) in [5, 5.41) is 5.53. The van der Waals surface area contributed by atoms with E-state index in [0.717, 1.165) is 37.3 Å². The summed E-state index contributed by atoms with van der Waals surface area (Å²) in [7, 11) is 1.59. The maximum Gasteiger partial charge on any atom is 0.279 e. The van der Waals surface area contributed by atoms with Crippen LogP contribution in [0.4, 0.5) is 5.69 Å². The molecule has 0 spiro atoms. The Hall–Kier alpha value is -3.06. The number of ether oxygens (including phenoxy) is 2. The van der Waals surface area contributed by atoms with Gasteiger partial charge in [-0.1, -0.05) is 6.07 Å². The molecule has 2 aromatic carbocycles. The molecule has 0 saturated carbocycles. The molecule has 2 heterocycles. The van der Waals surface area contributed by atoms with Gasteiger partial charge in [-0.25, -0.2) is 0 Å². The summed E-state index contributed by atoms with van der Waals surface area (Å²) in [5.41, 5.74) is 2.34. The number of hydrogen-bond acceptors (Lipinski definition) is 4. The van der Waals surface area contributed by atoms with Crippen LogP contribution in [-0.2, 0) is 4.79 Å². The number of nitrogens with one attached hydrogen (secondary N) is 3.